The summed E-state index contributed by atoms with van der Waals surface area (Å²) in [6.07, 6.45) is 7.18. The maximum Gasteiger partial charge on any atom is 0.252 e. The van der Waals surface area contributed by atoms with E-state index in [1.165, 1.54) is 6.07 Å². The summed E-state index contributed by atoms with van der Waals surface area (Å²) in [7, 11) is 1.59. The van der Waals surface area contributed by atoms with Crippen molar-refractivity contribution in [3.8, 4) is 0 Å². The van der Waals surface area contributed by atoms with Crippen molar-refractivity contribution in [1.82, 2.24) is 10.2 Å². The fraction of sp³-hybridized carbons (Fsp3) is 0.533. The fourth-order valence-electron chi connectivity index (χ4n) is 6.47. The Balaban J connectivity index is 1.12. The van der Waals surface area contributed by atoms with Crippen LogP contribution < -0.4 is 10.2 Å². The van der Waals surface area contributed by atoms with Crippen molar-refractivity contribution in [3.05, 3.63) is 64.4 Å². The van der Waals surface area contributed by atoms with Crippen LogP contribution in [0.3, 0.4) is 0 Å². The minimum Gasteiger partial charge on any atom is -0.375 e. The van der Waals surface area contributed by atoms with E-state index >= 15 is 0 Å². The summed E-state index contributed by atoms with van der Waals surface area (Å²) in [6, 6.07) is 12.4. The first-order chi connectivity index (χ1) is 18.4. The van der Waals surface area contributed by atoms with Crippen LogP contribution in [0.15, 0.2) is 42.5 Å². The summed E-state index contributed by atoms with van der Waals surface area (Å²) in [5.41, 5.74) is 1.35. The molecule has 2 aliphatic heterocycles. The number of carbonyl (C=O) groups excluding carboxylic acids is 2. The molecular weight excluding hydrogens is 505 g/mol. The molecule has 0 unspecified atom stereocenters. The fourth-order valence-corrected chi connectivity index (χ4v) is 6.73. The molecule has 0 aromatic heterocycles. The number of anilines is 1. The van der Waals surface area contributed by atoms with E-state index in [1.807, 2.05) is 23.1 Å². The number of likely N-dealkylation sites (tertiary alicyclic amines) is 1. The smallest absolute Gasteiger partial charge is 0.252 e. The van der Waals surface area contributed by atoms with E-state index in [9.17, 15) is 14.0 Å². The number of ether oxygens (including phenoxy) is 1. The molecule has 0 bridgehead atoms. The van der Waals surface area contributed by atoms with Crippen LogP contribution in [-0.4, -0.2) is 62.1 Å². The van der Waals surface area contributed by atoms with Crippen molar-refractivity contribution in [2.45, 2.75) is 69.0 Å². The van der Waals surface area contributed by atoms with Gasteiger partial charge in [0.2, 0.25) is 5.91 Å². The molecule has 204 valence electrons. The molecule has 3 fully saturated rings. The summed E-state index contributed by atoms with van der Waals surface area (Å²) in [5, 5.41) is 3.06. The Morgan fingerprint density at radius 3 is 2.21 bits per heavy atom. The molecule has 1 aliphatic carbocycles. The zero-order chi connectivity index (χ0) is 26.7. The van der Waals surface area contributed by atoms with Crippen LogP contribution in [0.1, 0.15) is 67.3 Å². The molecule has 0 radical (unpaired) electrons. The third-order valence-electron chi connectivity index (χ3n) is 8.60. The van der Waals surface area contributed by atoms with Gasteiger partial charge in [0.15, 0.2) is 0 Å². The van der Waals surface area contributed by atoms with Crippen LogP contribution in [0.25, 0.3) is 0 Å². The molecule has 0 atom stereocenters. The number of nitrogens with one attached hydrogen (secondary N) is 1. The number of nitrogens with zero attached hydrogens (tertiary/aromatic N) is 2. The number of carbonyl (C=O) groups is 2. The number of halogens is 2. The third kappa shape index (κ3) is 5.41. The van der Waals surface area contributed by atoms with E-state index in [-0.39, 0.29) is 29.8 Å². The van der Waals surface area contributed by atoms with Gasteiger partial charge in [-0.2, -0.15) is 0 Å². The Hall–Kier alpha value is -2.64. The maximum atomic E-state index is 14.7. The molecule has 1 saturated carbocycles. The van der Waals surface area contributed by atoms with Crippen molar-refractivity contribution in [3.63, 3.8) is 0 Å². The van der Waals surface area contributed by atoms with Gasteiger partial charge in [0.05, 0.1) is 28.2 Å². The first kappa shape index (κ1) is 26.9. The molecule has 38 heavy (non-hydrogen) atoms. The molecule has 3 aliphatic rings. The summed E-state index contributed by atoms with van der Waals surface area (Å²) in [4.78, 5) is 29.9. The van der Waals surface area contributed by atoms with Crippen LogP contribution in [0.2, 0.25) is 5.02 Å². The number of rotatable bonds is 6. The lowest BCUT2D eigenvalue weighted by Crippen LogP contribution is -2.50. The first-order valence-corrected chi connectivity index (χ1v) is 14.3. The van der Waals surface area contributed by atoms with E-state index < -0.39 is 5.41 Å². The molecule has 8 heteroatoms. The molecule has 0 spiro atoms. The molecule has 2 aromatic carbocycles. The van der Waals surface area contributed by atoms with Crippen molar-refractivity contribution in [2.24, 2.45) is 0 Å². The van der Waals surface area contributed by atoms with Crippen LogP contribution in [0, 0.1) is 5.82 Å². The average Bonchev–Trinajstić information content (AvgIpc) is 3.44. The molecule has 6 nitrogen and oxygen atoms in total. The molecule has 2 aromatic rings. The number of piperidine rings is 2. The second kappa shape index (κ2) is 11.6. The maximum absolute atomic E-state index is 14.7. The molecule has 5 rings (SSSR count). The number of amides is 2. The molecule has 1 N–H and O–H groups in total. The normalized spacial score (nSPS) is 20.5. The molecule has 2 heterocycles. The quantitative estimate of drug-likeness (QED) is 0.537. The topological polar surface area (TPSA) is 61.9 Å². The van der Waals surface area contributed by atoms with E-state index in [2.05, 4.69) is 10.2 Å². The zero-order valence-corrected chi connectivity index (χ0v) is 22.8. The third-order valence-corrected chi connectivity index (χ3v) is 8.91. The van der Waals surface area contributed by atoms with Gasteiger partial charge in [-0.15, -0.1) is 0 Å². The largest absolute Gasteiger partial charge is 0.375 e. The van der Waals surface area contributed by atoms with Crippen molar-refractivity contribution < 1.29 is 18.7 Å². The highest BCUT2D eigenvalue weighted by Crippen LogP contribution is 2.44. The van der Waals surface area contributed by atoms with Crippen molar-refractivity contribution in [1.29, 1.82) is 0 Å². The molecule has 2 amide bonds. The highest BCUT2D eigenvalue weighted by molar-refractivity contribution is 6.34. The van der Waals surface area contributed by atoms with Gasteiger partial charge in [0.25, 0.3) is 5.91 Å². The van der Waals surface area contributed by atoms with Gasteiger partial charge in [-0.1, -0.05) is 42.6 Å². The minimum atomic E-state index is -0.715. The lowest BCUT2D eigenvalue weighted by atomic mass is 9.77. The number of hydrogen-bond acceptors (Lipinski definition) is 4. The Labute approximate surface area is 229 Å². The van der Waals surface area contributed by atoms with Crippen LogP contribution in [-0.2, 0) is 14.9 Å². The summed E-state index contributed by atoms with van der Waals surface area (Å²) in [5.74, 6) is -0.364. The Morgan fingerprint density at radius 1 is 0.974 bits per heavy atom. The monoisotopic (exact) mass is 541 g/mol. The van der Waals surface area contributed by atoms with Gasteiger partial charge in [0, 0.05) is 44.5 Å². The van der Waals surface area contributed by atoms with Crippen molar-refractivity contribution >= 4 is 29.1 Å². The van der Waals surface area contributed by atoms with Crippen LogP contribution >= 0.6 is 11.6 Å². The minimum absolute atomic E-state index is 0.0907. The number of hydrogen-bond donors (Lipinski definition) is 1. The van der Waals surface area contributed by atoms with E-state index in [0.717, 1.165) is 70.1 Å². The summed E-state index contributed by atoms with van der Waals surface area (Å²) < 4.78 is 21.2. The SMILES string of the molecule is CNC(=O)c1ccc(N2CCC(OC3CCN(C(=O)C4(c5ccccc5F)CCCC4)CC3)CC2)cc1Cl. The van der Waals surface area contributed by atoms with Gasteiger partial charge in [-0.25, -0.2) is 4.39 Å². The lowest BCUT2D eigenvalue weighted by molar-refractivity contribution is -0.141. The average molecular weight is 542 g/mol. The summed E-state index contributed by atoms with van der Waals surface area (Å²) >= 11 is 6.35. The summed E-state index contributed by atoms with van der Waals surface area (Å²) in [6.45, 7) is 3.05. The Bertz CT molecular complexity index is 1150. The van der Waals surface area contributed by atoms with Crippen LogP contribution in [0.4, 0.5) is 10.1 Å². The zero-order valence-electron chi connectivity index (χ0n) is 22.1. The number of benzene rings is 2. The lowest BCUT2D eigenvalue weighted by Gasteiger charge is -2.40. The predicted molar refractivity (Wildman–Crippen MR) is 147 cm³/mol. The van der Waals surface area contributed by atoms with Gasteiger partial charge in [-0.3, -0.25) is 9.59 Å². The van der Waals surface area contributed by atoms with Gasteiger partial charge < -0.3 is 19.9 Å². The van der Waals surface area contributed by atoms with Crippen LogP contribution in [0.5, 0.6) is 0 Å². The molecule has 2 saturated heterocycles. The Kier molecular flexibility index (Phi) is 8.24. The van der Waals surface area contributed by atoms with Gasteiger partial charge >= 0.3 is 0 Å². The second-order valence-corrected chi connectivity index (χ2v) is 11.2. The highest BCUT2D eigenvalue weighted by Gasteiger charge is 2.47. The van der Waals surface area contributed by atoms with Gasteiger partial charge in [-0.05, 0) is 62.8 Å². The van der Waals surface area contributed by atoms with E-state index in [1.54, 1.807) is 25.2 Å². The second-order valence-electron chi connectivity index (χ2n) is 10.8. The van der Waals surface area contributed by atoms with Gasteiger partial charge in [0.1, 0.15) is 5.82 Å². The predicted octanol–water partition coefficient (Wildman–Crippen LogP) is 5.33. The first-order valence-electron chi connectivity index (χ1n) is 13.9. The van der Waals surface area contributed by atoms with Crippen molar-refractivity contribution in [2.75, 3.05) is 38.1 Å². The Morgan fingerprint density at radius 2 is 1.61 bits per heavy atom. The molecular formula is C30H37ClFN3O3. The standard InChI is InChI=1S/C30H37ClFN3O3/c1-33-28(36)24-9-8-21(20-26(24)31)34-16-10-22(11-17-34)38-23-12-18-35(19-13-23)29(37)30(14-4-5-15-30)25-6-2-3-7-27(25)32/h2-3,6-9,20,22-23H,4-5,10-19H2,1H3,(H,33,36). The highest BCUT2D eigenvalue weighted by atomic mass is 35.5. The van der Waals surface area contributed by atoms with E-state index in [4.69, 9.17) is 16.3 Å². The van der Waals surface area contributed by atoms with E-state index in [0.29, 0.717) is 29.2 Å².